The van der Waals surface area contributed by atoms with E-state index in [1.807, 2.05) is 12.3 Å². The molecule has 3 rings (SSSR count). The molecule has 2 heterocycles. The normalized spacial score (nSPS) is 13.0. The van der Waals surface area contributed by atoms with E-state index in [9.17, 15) is 0 Å². The van der Waals surface area contributed by atoms with Crippen molar-refractivity contribution in [3.05, 3.63) is 47.8 Å². The van der Waals surface area contributed by atoms with Gasteiger partial charge in [-0.1, -0.05) is 47.6 Å². The molecule has 0 aliphatic rings. The van der Waals surface area contributed by atoms with E-state index in [4.69, 9.17) is 4.98 Å². The van der Waals surface area contributed by atoms with Crippen molar-refractivity contribution in [2.24, 2.45) is 0 Å². The quantitative estimate of drug-likeness (QED) is 0.520. The van der Waals surface area contributed by atoms with Gasteiger partial charge in [0.15, 0.2) is 0 Å². The molecule has 3 aromatic rings. The third kappa shape index (κ3) is 2.47. The van der Waals surface area contributed by atoms with Crippen LogP contribution in [0.4, 0.5) is 0 Å². The lowest BCUT2D eigenvalue weighted by Crippen LogP contribution is -2.23. The highest BCUT2D eigenvalue weighted by molar-refractivity contribution is 6.03. The lowest BCUT2D eigenvalue weighted by atomic mass is 9.78. The van der Waals surface area contributed by atoms with Crippen LogP contribution in [0.3, 0.4) is 0 Å². The highest BCUT2D eigenvalue weighted by Crippen LogP contribution is 2.36. The molecule has 0 aliphatic heterocycles. The molecule has 0 aliphatic carbocycles. The second kappa shape index (κ2) is 4.77. The minimum atomic E-state index is 0.0151. The number of hydrogen-bond acceptors (Lipinski definition) is 2. The van der Waals surface area contributed by atoms with E-state index in [-0.39, 0.29) is 10.8 Å². The maximum Gasteiger partial charge on any atom is 0.0799 e. The first-order valence-corrected chi connectivity index (χ1v) is 7.87. The Morgan fingerprint density at radius 3 is 2.23 bits per heavy atom. The van der Waals surface area contributed by atoms with Gasteiger partial charge in [0.2, 0.25) is 0 Å². The van der Waals surface area contributed by atoms with Crippen LogP contribution < -0.4 is 0 Å². The fourth-order valence-electron chi connectivity index (χ4n) is 2.93. The zero-order valence-electron chi connectivity index (χ0n) is 14.4. The lowest BCUT2D eigenvalue weighted by molar-refractivity contribution is 0.517. The van der Waals surface area contributed by atoms with Gasteiger partial charge in [-0.25, -0.2) is 0 Å². The zero-order chi connectivity index (χ0) is 16.1. The summed E-state index contributed by atoms with van der Waals surface area (Å²) in [6, 6.07) is 10.6. The van der Waals surface area contributed by atoms with Crippen LogP contribution in [-0.4, -0.2) is 9.97 Å². The van der Waals surface area contributed by atoms with E-state index in [1.165, 1.54) is 16.6 Å². The molecular weight excluding hydrogens is 268 g/mol. The number of hydrogen-bond donors (Lipinski definition) is 0. The number of nitrogens with zero attached hydrogens (tertiary/aromatic N) is 2. The first-order chi connectivity index (χ1) is 10.2. The van der Waals surface area contributed by atoms with Crippen LogP contribution in [0.5, 0.6) is 0 Å². The molecular formula is C20H24N2. The molecule has 114 valence electrons. The minimum Gasteiger partial charge on any atom is -0.256 e. The second-order valence-electron chi connectivity index (χ2n) is 8.09. The van der Waals surface area contributed by atoms with Gasteiger partial charge in [0.05, 0.1) is 16.7 Å². The predicted molar refractivity (Wildman–Crippen MR) is 94.4 cm³/mol. The summed E-state index contributed by atoms with van der Waals surface area (Å²) in [7, 11) is 0. The molecule has 0 radical (unpaired) electrons. The van der Waals surface area contributed by atoms with Crippen molar-refractivity contribution in [2.45, 2.75) is 52.4 Å². The molecule has 0 bridgehead atoms. The molecule has 2 aromatic heterocycles. The Morgan fingerprint density at radius 1 is 0.864 bits per heavy atom. The second-order valence-corrected chi connectivity index (χ2v) is 8.09. The van der Waals surface area contributed by atoms with Crippen molar-refractivity contribution in [3.63, 3.8) is 0 Å². The SMILES string of the molecule is CC(C)(C)c1cc2ccc3ncccc3c2nc1C(C)(C)C. The molecule has 1 aromatic carbocycles. The average Bonchev–Trinajstić information content (AvgIpc) is 2.44. The maximum atomic E-state index is 5.10. The fraction of sp³-hybridized carbons (Fsp3) is 0.400. The fourth-order valence-corrected chi connectivity index (χ4v) is 2.93. The largest absolute Gasteiger partial charge is 0.256 e. The summed E-state index contributed by atoms with van der Waals surface area (Å²) >= 11 is 0. The molecule has 0 saturated carbocycles. The van der Waals surface area contributed by atoms with E-state index in [0.29, 0.717) is 0 Å². The van der Waals surface area contributed by atoms with Gasteiger partial charge < -0.3 is 0 Å². The van der Waals surface area contributed by atoms with Gasteiger partial charge in [0.25, 0.3) is 0 Å². The Hall–Kier alpha value is -1.96. The third-order valence-electron chi connectivity index (χ3n) is 4.08. The number of rotatable bonds is 0. The van der Waals surface area contributed by atoms with Crippen molar-refractivity contribution in [3.8, 4) is 0 Å². The maximum absolute atomic E-state index is 5.10. The summed E-state index contributed by atoms with van der Waals surface area (Å²) in [4.78, 5) is 9.56. The summed E-state index contributed by atoms with van der Waals surface area (Å²) in [5, 5.41) is 2.32. The standard InChI is InChI=1S/C20H24N2/c1-19(2,3)15-12-13-9-10-16-14(8-7-11-21-16)17(13)22-18(15)20(4,5)6/h7-12H,1-6H3. The predicted octanol–water partition coefficient (Wildman–Crippen LogP) is 5.38. The molecule has 0 N–H and O–H groups in total. The monoisotopic (exact) mass is 292 g/mol. The summed E-state index contributed by atoms with van der Waals surface area (Å²) in [5.74, 6) is 0. The molecule has 0 amide bonds. The number of fused-ring (bicyclic) bond motifs is 3. The van der Waals surface area contributed by atoms with Gasteiger partial charge in [0.1, 0.15) is 0 Å². The molecule has 2 nitrogen and oxygen atoms in total. The van der Waals surface area contributed by atoms with Gasteiger partial charge in [-0.15, -0.1) is 0 Å². The van der Waals surface area contributed by atoms with Gasteiger partial charge in [-0.2, -0.15) is 0 Å². The number of pyridine rings is 2. The summed E-state index contributed by atoms with van der Waals surface area (Å²) in [6.07, 6.45) is 1.84. The summed E-state index contributed by atoms with van der Waals surface area (Å²) < 4.78 is 0. The van der Waals surface area contributed by atoms with Crippen LogP contribution in [0.25, 0.3) is 21.8 Å². The Labute approximate surface area is 132 Å². The van der Waals surface area contributed by atoms with E-state index in [0.717, 1.165) is 16.4 Å². The van der Waals surface area contributed by atoms with Gasteiger partial charge in [-0.3, -0.25) is 9.97 Å². The summed E-state index contributed by atoms with van der Waals surface area (Å²) in [6.45, 7) is 13.5. The van der Waals surface area contributed by atoms with Crippen molar-refractivity contribution < 1.29 is 0 Å². The van der Waals surface area contributed by atoms with Crippen LogP contribution in [0.1, 0.15) is 52.8 Å². The van der Waals surface area contributed by atoms with Crippen molar-refractivity contribution in [2.75, 3.05) is 0 Å². The molecule has 22 heavy (non-hydrogen) atoms. The Morgan fingerprint density at radius 2 is 1.59 bits per heavy atom. The van der Waals surface area contributed by atoms with Crippen molar-refractivity contribution in [1.82, 2.24) is 9.97 Å². The number of benzene rings is 1. The minimum absolute atomic E-state index is 0.0151. The summed E-state index contributed by atoms with van der Waals surface area (Å²) in [5.41, 5.74) is 4.67. The smallest absolute Gasteiger partial charge is 0.0799 e. The van der Waals surface area contributed by atoms with Crippen molar-refractivity contribution >= 4 is 21.8 Å². The van der Waals surface area contributed by atoms with Crippen LogP contribution in [0.2, 0.25) is 0 Å². The molecule has 2 heteroatoms. The van der Waals surface area contributed by atoms with Gasteiger partial charge >= 0.3 is 0 Å². The van der Waals surface area contributed by atoms with E-state index in [1.54, 1.807) is 0 Å². The first kappa shape index (κ1) is 15.0. The Balaban J connectivity index is 2.46. The van der Waals surface area contributed by atoms with E-state index >= 15 is 0 Å². The first-order valence-electron chi connectivity index (χ1n) is 7.87. The Bertz CT molecular complexity index is 849. The van der Waals surface area contributed by atoms with Crippen molar-refractivity contribution in [1.29, 1.82) is 0 Å². The van der Waals surface area contributed by atoms with Crippen LogP contribution >= 0.6 is 0 Å². The molecule has 0 unspecified atom stereocenters. The van der Waals surface area contributed by atoms with Gasteiger partial charge in [-0.05, 0) is 35.2 Å². The molecule has 0 saturated heterocycles. The zero-order valence-corrected chi connectivity index (χ0v) is 14.4. The lowest BCUT2D eigenvalue weighted by Gasteiger charge is -2.29. The molecule has 0 fully saturated rings. The molecule has 0 spiro atoms. The topological polar surface area (TPSA) is 25.8 Å². The Kier molecular flexibility index (Phi) is 3.24. The average molecular weight is 292 g/mol. The van der Waals surface area contributed by atoms with E-state index < -0.39 is 0 Å². The van der Waals surface area contributed by atoms with Crippen LogP contribution in [0, 0.1) is 0 Å². The van der Waals surface area contributed by atoms with E-state index in [2.05, 4.69) is 70.8 Å². The highest BCUT2D eigenvalue weighted by Gasteiger charge is 2.27. The third-order valence-corrected chi connectivity index (χ3v) is 4.08. The van der Waals surface area contributed by atoms with Crippen LogP contribution in [-0.2, 0) is 10.8 Å². The highest BCUT2D eigenvalue weighted by atomic mass is 14.7. The number of aromatic nitrogens is 2. The molecule has 0 atom stereocenters. The van der Waals surface area contributed by atoms with Gasteiger partial charge in [0, 0.05) is 22.4 Å². The van der Waals surface area contributed by atoms with Crippen LogP contribution in [0.15, 0.2) is 36.5 Å².